The summed E-state index contributed by atoms with van der Waals surface area (Å²) in [7, 11) is 0. The molecule has 0 saturated heterocycles. The molecule has 2 N–H and O–H groups in total. The lowest BCUT2D eigenvalue weighted by molar-refractivity contribution is -0.291. The number of nitrogens with two attached hydrogens (primary N) is 1. The lowest BCUT2D eigenvalue weighted by Gasteiger charge is -2.26. The Morgan fingerprint density at radius 1 is 1.06 bits per heavy atom. The molecule has 0 aliphatic carbocycles. The molecule has 0 amide bonds. The van der Waals surface area contributed by atoms with Gasteiger partial charge in [0.15, 0.2) is 0 Å². The number of rotatable bonds is 2. The van der Waals surface area contributed by atoms with Gasteiger partial charge in [0.2, 0.25) is 0 Å². The third-order valence-corrected chi connectivity index (χ3v) is 2.29. The fourth-order valence-corrected chi connectivity index (χ4v) is 1.31. The molecule has 0 unspecified atom stereocenters. The van der Waals surface area contributed by atoms with Crippen LogP contribution in [0.1, 0.15) is 17.2 Å². The molecule has 1 aromatic carbocycles. The molecule has 0 heterocycles. The van der Waals surface area contributed by atoms with Crippen molar-refractivity contribution in [2.24, 2.45) is 5.73 Å². The van der Waals surface area contributed by atoms with Crippen molar-refractivity contribution in [2.75, 3.05) is 0 Å². The van der Waals surface area contributed by atoms with Gasteiger partial charge in [0, 0.05) is 0 Å². The maximum absolute atomic E-state index is 12.9. The standard InChI is InChI=1S/C10H10F5N.ClH/c1-6-4-2-3-5-7(6)8(16)9(11,12)10(13,14)15;/h2-5,8H,16H2,1H3;1H/t8-;/m1./s1. The van der Waals surface area contributed by atoms with E-state index < -0.39 is 18.1 Å². The highest BCUT2D eigenvalue weighted by Gasteiger charge is 2.61. The Balaban J connectivity index is 0.00000256. The van der Waals surface area contributed by atoms with Crippen molar-refractivity contribution >= 4 is 12.4 Å². The smallest absolute Gasteiger partial charge is 0.319 e. The van der Waals surface area contributed by atoms with Gasteiger partial charge in [0.05, 0.1) is 0 Å². The average Bonchev–Trinajstić information content (AvgIpc) is 2.15. The molecule has 17 heavy (non-hydrogen) atoms. The molecule has 0 aromatic heterocycles. The Kier molecular flexibility index (Phi) is 4.91. The maximum Gasteiger partial charge on any atom is 0.455 e. The van der Waals surface area contributed by atoms with Gasteiger partial charge in [-0.1, -0.05) is 24.3 Å². The number of hydrogen-bond acceptors (Lipinski definition) is 1. The first-order valence-electron chi connectivity index (χ1n) is 4.43. The fourth-order valence-electron chi connectivity index (χ4n) is 1.31. The predicted octanol–water partition coefficient (Wildman–Crippen LogP) is 3.61. The molecule has 1 aromatic rings. The van der Waals surface area contributed by atoms with E-state index in [-0.39, 0.29) is 18.0 Å². The second kappa shape index (κ2) is 5.18. The molecule has 1 nitrogen and oxygen atoms in total. The largest absolute Gasteiger partial charge is 0.455 e. The topological polar surface area (TPSA) is 26.0 Å². The van der Waals surface area contributed by atoms with Gasteiger partial charge in [0.1, 0.15) is 6.04 Å². The van der Waals surface area contributed by atoms with Crippen molar-refractivity contribution in [1.29, 1.82) is 0 Å². The minimum absolute atomic E-state index is 0. The van der Waals surface area contributed by atoms with E-state index in [1.165, 1.54) is 31.2 Å². The Hall–Kier alpha value is -0.880. The van der Waals surface area contributed by atoms with Crippen LogP contribution in [0, 0.1) is 6.92 Å². The van der Waals surface area contributed by atoms with Gasteiger partial charge in [-0.05, 0) is 18.1 Å². The van der Waals surface area contributed by atoms with E-state index in [2.05, 4.69) is 0 Å². The molecule has 7 heteroatoms. The number of hydrogen-bond donors (Lipinski definition) is 1. The van der Waals surface area contributed by atoms with Crippen LogP contribution in [-0.2, 0) is 0 Å². The molecule has 0 radical (unpaired) electrons. The molecule has 0 spiro atoms. The zero-order valence-electron chi connectivity index (χ0n) is 8.76. The van der Waals surface area contributed by atoms with E-state index in [0.717, 1.165) is 0 Å². The summed E-state index contributed by atoms with van der Waals surface area (Å²) in [6, 6.07) is 3.13. The molecule has 0 bridgehead atoms. The first kappa shape index (κ1) is 16.1. The van der Waals surface area contributed by atoms with Gasteiger partial charge in [-0.15, -0.1) is 12.4 Å². The summed E-state index contributed by atoms with van der Waals surface area (Å²) in [5.74, 6) is -4.93. The predicted molar refractivity (Wildman–Crippen MR) is 56.4 cm³/mol. The van der Waals surface area contributed by atoms with Crippen LogP contribution in [0.2, 0.25) is 0 Å². The quantitative estimate of drug-likeness (QED) is 0.820. The van der Waals surface area contributed by atoms with Crippen molar-refractivity contribution in [3.8, 4) is 0 Å². The Bertz CT molecular complexity index is 377. The SMILES string of the molecule is Cc1ccccc1[C@@H](N)C(F)(F)C(F)(F)F.Cl. The van der Waals surface area contributed by atoms with Crippen LogP contribution < -0.4 is 5.73 Å². The molecule has 0 fully saturated rings. The van der Waals surface area contributed by atoms with Gasteiger partial charge < -0.3 is 5.73 Å². The molecule has 0 aliphatic rings. The third-order valence-electron chi connectivity index (χ3n) is 2.29. The van der Waals surface area contributed by atoms with Crippen LogP contribution in [0.15, 0.2) is 24.3 Å². The number of alkyl halides is 5. The van der Waals surface area contributed by atoms with E-state index in [1.807, 2.05) is 0 Å². The third kappa shape index (κ3) is 3.07. The van der Waals surface area contributed by atoms with Crippen molar-refractivity contribution < 1.29 is 22.0 Å². The van der Waals surface area contributed by atoms with Crippen LogP contribution >= 0.6 is 12.4 Å². The van der Waals surface area contributed by atoms with Gasteiger partial charge in [0.25, 0.3) is 0 Å². The molecule has 1 rings (SSSR count). The number of halogens is 6. The molecule has 98 valence electrons. The lowest BCUT2D eigenvalue weighted by Crippen LogP contribution is -2.46. The van der Waals surface area contributed by atoms with E-state index in [9.17, 15) is 22.0 Å². The second-order valence-electron chi connectivity index (χ2n) is 3.45. The number of aryl methyl sites for hydroxylation is 1. The Morgan fingerprint density at radius 3 is 1.94 bits per heavy atom. The van der Waals surface area contributed by atoms with Crippen molar-refractivity contribution in [2.45, 2.75) is 25.1 Å². The highest BCUT2D eigenvalue weighted by Crippen LogP contribution is 2.43. The fraction of sp³-hybridized carbons (Fsp3) is 0.400. The monoisotopic (exact) mass is 275 g/mol. The van der Waals surface area contributed by atoms with Crippen LogP contribution in [0.4, 0.5) is 22.0 Å². The highest BCUT2D eigenvalue weighted by molar-refractivity contribution is 5.85. The zero-order chi connectivity index (χ0) is 12.6. The summed E-state index contributed by atoms with van der Waals surface area (Å²) in [6.07, 6.45) is -5.64. The molecule has 0 aliphatic heterocycles. The first-order valence-corrected chi connectivity index (χ1v) is 4.43. The summed E-state index contributed by atoms with van der Waals surface area (Å²) in [6.45, 7) is 1.43. The van der Waals surface area contributed by atoms with E-state index in [1.54, 1.807) is 0 Å². The van der Waals surface area contributed by atoms with Crippen LogP contribution in [0.5, 0.6) is 0 Å². The average molecular weight is 276 g/mol. The maximum atomic E-state index is 12.9. The Labute approximate surface area is 101 Å². The first-order chi connectivity index (χ1) is 7.18. The lowest BCUT2D eigenvalue weighted by atomic mass is 9.97. The van der Waals surface area contributed by atoms with E-state index >= 15 is 0 Å². The van der Waals surface area contributed by atoms with Gasteiger partial charge in [-0.2, -0.15) is 22.0 Å². The molecule has 0 saturated carbocycles. The summed E-state index contributed by atoms with van der Waals surface area (Å²) in [5.41, 5.74) is 5.09. The normalized spacial score (nSPS) is 14.1. The Morgan fingerprint density at radius 2 is 1.53 bits per heavy atom. The van der Waals surface area contributed by atoms with E-state index in [4.69, 9.17) is 5.73 Å². The van der Waals surface area contributed by atoms with Crippen LogP contribution in [0.3, 0.4) is 0 Å². The zero-order valence-corrected chi connectivity index (χ0v) is 9.58. The van der Waals surface area contributed by atoms with Crippen LogP contribution in [-0.4, -0.2) is 12.1 Å². The summed E-state index contributed by atoms with van der Waals surface area (Å²) in [4.78, 5) is 0. The second-order valence-corrected chi connectivity index (χ2v) is 3.45. The van der Waals surface area contributed by atoms with Crippen molar-refractivity contribution in [3.05, 3.63) is 35.4 Å². The molecular weight excluding hydrogens is 265 g/mol. The van der Waals surface area contributed by atoms with Crippen molar-refractivity contribution in [1.82, 2.24) is 0 Å². The number of benzene rings is 1. The minimum atomic E-state index is -5.64. The van der Waals surface area contributed by atoms with Gasteiger partial charge in [-0.3, -0.25) is 0 Å². The summed E-state index contributed by atoms with van der Waals surface area (Å²) < 4.78 is 62.1. The highest BCUT2D eigenvalue weighted by atomic mass is 35.5. The van der Waals surface area contributed by atoms with Gasteiger partial charge >= 0.3 is 12.1 Å². The van der Waals surface area contributed by atoms with Gasteiger partial charge in [-0.25, -0.2) is 0 Å². The molecular formula is C10H11ClF5N. The van der Waals surface area contributed by atoms with Crippen LogP contribution in [0.25, 0.3) is 0 Å². The minimum Gasteiger partial charge on any atom is -0.319 e. The molecule has 1 atom stereocenters. The van der Waals surface area contributed by atoms with Crippen molar-refractivity contribution in [3.63, 3.8) is 0 Å². The summed E-state index contributed by atoms with van der Waals surface area (Å²) >= 11 is 0. The summed E-state index contributed by atoms with van der Waals surface area (Å²) in [5, 5.41) is 0. The van der Waals surface area contributed by atoms with E-state index in [0.29, 0.717) is 5.56 Å².